The van der Waals surface area contributed by atoms with Crippen LogP contribution in [0.15, 0.2) is 66.7 Å². The summed E-state index contributed by atoms with van der Waals surface area (Å²) in [5.41, 5.74) is 4.25. The van der Waals surface area contributed by atoms with Crippen LogP contribution < -0.4 is 10.1 Å². The minimum atomic E-state index is -0.559. The topological polar surface area (TPSA) is 61.1 Å². The molecule has 0 unspecified atom stereocenters. The van der Waals surface area contributed by atoms with Gasteiger partial charge in [0.2, 0.25) is 0 Å². The maximum atomic E-state index is 14.3. The van der Waals surface area contributed by atoms with Gasteiger partial charge < -0.3 is 14.6 Å². The van der Waals surface area contributed by atoms with Crippen LogP contribution in [0.25, 0.3) is 33.2 Å². The van der Waals surface area contributed by atoms with Crippen molar-refractivity contribution in [2.75, 3.05) is 12.4 Å². The number of rotatable bonds is 4. The van der Waals surface area contributed by atoms with Gasteiger partial charge in [-0.15, -0.1) is 0 Å². The van der Waals surface area contributed by atoms with E-state index in [0.29, 0.717) is 11.3 Å². The van der Waals surface area contributed by atoms with Crippen molar-refractivity contribution < 1.29 is 13.9 Å². The number of para-hydroxylation sites is 1. The fraction of sp³-hybridized carbons (Fsp3) is 0.120. The number of carbonyl (C=O) groups is 1. The second kappa shape index (κ2) is 7.53. The number of halogens is 1. The first-order chi connectivity index (χ1) is 15.5. The highest BCUT2D eigenvalue weighted by Gasteiger charge is 2.18. The summed E-state index contributed by atoms with van der Waals surface area (Å²) in [4.78, 5) is 12.9. The van der Waals surface area contributed by atoms with Crippen molar-refractivity contribution >= 4 is 33.4 Å². The molecule has 0 spiro atoms. The van der Waals surface area contributed by atoms with E-state index in [9.17, 15) is 9.18 Å². The second-order valence-electron chi connectivity index (χ2n) is 7.65. The first-order valence-corrected chi connectivity index (χ1v) is 10.1. The van der Waals surface area contributed by atoms with Crippen LogP contribution in [-0.4, -0.2) is 27.4 Å². The van der Waals surface area contributed by atoms with E-state index in [1.54, 1.807) is 22.9 Å². The Kier molecular flexibility index (Phi) is 4.66. The van der Waals surface area contributed by atoms with Crippen molar-refractivity contribution in [3.05, 3.63) is 78.1 Å². The summed E-state index contributed by atoms with van der Waals surface area (Å²) in [6, 6.07) is 19.9. The zero-order valence-corrected chi connectivity index (χ0v) is 17.9. The number of aromatic nitrogens is 3. The van der Waals surface area contributed by atoms with Crippen molar-refractivity contribution in [3.8, 4) is 17.1 Å². The van der Waals surface area contributed by atoms with Gasteiger partial charge in [0.15, 0.2) is 0 Å². The monoisotopic (exact) mass is 428 g/mol. The van der Waals surface area contributed by atoms with Crippen LogP contribution in [0.2, 0.25) is 0 Å². The molecule has 0 aliphatic carbocycles. The van der Waals surface area contributed by atoms with Crippen LogP contribution in [0.4, 0.5) is 10.1 Å². The van der Waals surface area contributed by atoms with E-state index < -0.39 is 11.7 Å². The number of anilines is 1. The predicted octanol–water partition coefficient (Wildman–Crippen LogP) is 5.13. The molecule has 5 rings (SSSR count). The molecule has 2 aromatic heterocycles. The number of amides is 1. The first-order valence-electron chi connectivity index (χ1n) is 10.1. The van der Waals surface area contributed by atoms with Crippen molar-refractivity contribution in [2.24, 2.45) is 14.1 Å². The molecule has 7 heteroatoms. The third-order valence-electron chi connectivity index (χ3n) is 5.73. The maximum Gasteiger partial charge on any atom is 0.255 e. The van der Waals surface area contributed by atoms with Gasteiger partial charge in [-0.25, -0.2) is 4.39 Å². The summed E-state index contributed by atoms with van der Waals surface area (Å²) in [7, 11) is 5.34. The van der Waals surface area contributed by atoms with E-state index in [1.807, 2.05) is 32.3 Å². The molecule has 2 heterocycles. The molecule has 3 aromatic carbocycles. The number of nitrogens with one attached hydrogen (secondary N) is 1. The van der Waals surface area contributed by atoms with Crippen LogP contribution in [-0.2, 0) is 14.1 Å². The smallest absolute Gasteiger partial charge is 0.255 e. The van der Waals surface area contributed by atoms with Gasteiger partial charge in [-0.1, -0.05) is 18.2 Å². The van der Waals surface area contributed by atoms with Gasteiger partial charge >= 0.3 is 0 Å². The van der Waals surface area contributed by atoms with Crippen LogP contribution in [0.1, 0.15) is 10.4 Å². The molecule has 6 nitrogen and oxygen atoms in total. The van der Waals surface area contributed by atoms with Crippen LogP contribution in [0, 0.1) is 5.82 Å². The zero-order chi connectivity index (χ0) is 22.4. The van der Waals surface area contributed by atoms with Gasteiger partial charge in [-0.3, -0.25) is 9.48 Å². The molecule has 0 saturated carbocycles. The summed E-state index contributed by atoms with van der Waals surface area (Å²) in [6.45, 7) is 0. The number of hydrogen-bond donors (Lipinski definition) is 1. The highest BCUT2D eigenvalue weighted by atomic mass is 19.1. The van der Waals surface area contributed by atoms with E-state index in [0.717, 1.165) is 33.2 Å². The Morgan fingerprint density at radius 1 is 1.00 bits per heavy atom. The molecule has 0 aliphatic rings. The largest absolute Gasteiger partial charge is 0.497 e. The van der Waals surface area contributed by atoms with Crippen molar-refractivity contribution in [1.82, 2.24) is 14.3 Å². The minimum absolute atomic E-state index is 0.0935. The van der Waals surface area contributed by atoms with Crippen molar-refractivity contribution in [1.29, 1.82) is 0 Å². The first kappa shape index (κ1) is 19.8. The SMILES string of the molecule is COc1ccc(NC(=O)c2ccc3c(c2)c(-c2cc4ccccc4n2C)nn3C)c(F)c1. The Hall–Kier alpha value is -4.13. The van der Waals surface area contributed by atoms with Crippen molar-refractivity contribution in [2.45, 2.75) is 0 Å². The summed E-state index contributed by atoms with van der Waals surface area (Å²) in [5, 5.41) is 9.33. The lowest BCUT2D eigenvalue weighted by Crippen LogP contribution is -2.13. The zero-order valence-electron chi connectivity index (χ0n) is 17.9. The number of aryl methyl sites for hydroxylation is 2. The summed E-state index contributed by atoms with van der Waals surface area (Å²) in [6.07, 6.45) is 0. The van der Waals surface area contributed by atoms with Crippen LogP contribution in [0.3, 0.4) is 0 Å². The molecule has 32 heavy (non-hydrogen) atoms. The lowest BCUT2D eigenvalue weighted by atomic mass is 10.1. The molecule has 1 amide bonds. The molecule has 0 bridgehead atoms. The molecule has 1 N–H and O–H groups in total. The normalized spacial score (nSPS) is 11.2. The van der Waals surface area contributed by atoms with Gasteiger partial charge in [0.05, 0.1) is 24.0 Å². The fourth-order valence-electron chi connectivity index (χ4n) is 4.03. The van der Waals surface area contributed by atoms with E-state index >= 15 is 0 Å². The summed E-state index contributed by atoms with van der Waals surface area (Å²) < 4.78 is 23.2. The van der Waals surface area contributed by atoms with Crippen LogP contribution >= 0.6 is 0 Å². The average Bonchev–Trinajstić information content (AvgIpc) is 3.31. The quantitative estimate of drug-likeness (QED) is 0.432. The minimum Gasteiger partial charge on any atom is -0.497 e. The molecule has 0 radical (unpaired) electrons. The summed E-state index contributed by atoms with van der Waals surface area (Å²) >= 11 is 0. The lowest BCUT2D eigenvalue weighted by Gasteiger charge is -2.08. The molecule has 0 aliphatic heterocycles. The molecule has 0 atom stereocenters. The molecule has 0 saturated heterocycles. The Balaban J connectivity index is 1.56. The van der Waals surface area contributed by atoms with Gasteiger partial charge in [0, 0.05) is 42.0 Å². The fourth-order valence-corrected chi connectivity index (χ4v) is 4.03. The third-order valence-corrected chi connectivity index (χ3v) is 5.73. The number of methoxy groups -OCH3 is 1. The molecular weight excluding hydrogens is 407 g/mol. The average molecular weight is 428 g/mol. The van der Waals surface area contributed by atoms with Gasteiger partial charge in [-0.2, -0.15) is 5.10 Å². The third kappa shape index (κ3) is 3.19. The van der Waals surface area contributed by atoms with Crippen LogP contribution in [0.5, 0.6) is 5.75 Å². The number of benzene rings is 3. The number of ether oxygens (including phenoxy) is 1. The Morgan fingerprint density at radius 2 is 1.81 bits per heavy atom. The molecule has 0 fully saturated rings. The number of hydrogen-bond acceptors (Lipinski definition) is 3. The van der Waals surface area contributed by atoms with Gasteiger partial charge in [0.1, 0.15) is 17.3 Å². The highest BCUT2D eigenvalue weighted by molar-refractivity contribution is 6.08. The number of nitrogens with zero attached hydrogens (tertiary/aromatic N) is 3. The summed E-state index contributed by atoms with van der Waals surface area (Å²) in [5.74, 6) is -0.573. The van der Waals surface area contributed by atoms with E-state index in [1.165, 1.54) is 19.2 Å². The Morgan fingerprint density at radius 3 is 2.56 bits per heavy atom. The Bertz CT molecular complexity index is 1500. The second-order valence-corrected chi connectivity index (χ2v) is 7.65. The van der Waals surface area contributed by atoms with E-state index in [2.05, 4.69) is 28.1 Å². The standard InChI is InChI=1S/C25H21FN4O2/c1-29-21-7-5-4-6-15(21)13-23(29)24-18-12-16(8-11-22(18)30(2)28-24)25(31)27-20-10-9-17(32-3)14-19(20)26/h4-14H,1-3H3,(H,27,31). The van der Waals surface area contributed by atoms with E-state index in [4.69, 9.17) is 9.84 Å². The maximum absolute atomic E-state index is 14.3. The van der Waals surface area contributed by atoms with Gasteiger partial charge in [0.25, 0.3) is 5.91 Å². The lowest BCUT2D eigenvalue weighted by molar-refractivity contribution is 0.102. The number of carbonyl (C=O) groups excluding carboxylic acids is 1. The number of fused-ring (bicyclic) bond motifs is 2. The molecule has 5 aromatic rings. The highest BCUT2D eigenvalue weighted by Crippen LogP contribution is 2.32. The Labute approximate surface area is 183 Å². The van der Waals surface area contributed by atoms with Gasteiger partial charge in [-0.05, 0) is 42.5 Å². The predicted molar refractivity (Wildman–Crippen MR) is 124 cm³/mol. The van der Waals surface area contributed by atoms with E-state index in [-0.39, 0.29) is 5.69 Å². The molecular formula is C25H21FN4O2. The molecule has 160 valence electrons. The van der Waals surface area contributed by atoms with Crippen molar-refractivity contribution in [3.63, 3.8) is 0 Å².